The van der Waals surface area contributed by atoms with E-state index >= 15 is 4.39 Å². The van der Waals surface area contributed by atoms with Crippen molar-refractivity contribution >= 4 is 34.8 Å². The Kier molecular flexibility index (Phi) is 5.88. The standard InChI is InChI=1S/C26H28FN3O8/c1-29(2)19-12-8-10-7-11-13(27)9-14(30-6-4-3-5-15(30)31)20(32)17(11)21(33)16(10)23(35)26(12,38)24(36)18(22(19)34)25(28)37/h9-10,12,19,32-33,36,38H,3-8H2,1-2H3,(H2,28,37)/t10-,12-,19-,26-/m0/s1. The summed E-state index contributed by atoms with van der Waals surface area (Å²) in [7, 11) is 2.99. The predicted molar refractivity (Wildman–Crippen MR) is 130 cm³/mol. The molecule has 4 atom stereocenters. The zero-order valence-corrected chi connectivity index (χ0v) is 20.8. The maximum Gasteiger partial charge on any atom is 0.255 e. The molecule has 0 aromatic heterocycles. The first kappa shape index (κ1) is 25.9. The Morgan fingerprint density at radius 2 is 1.87 bits per heavy atom. The lowest BCUT2D eigenvalue weighted by Gasteiger charge is -2.50. The molecule has 2 fully saturated rings. The Bertz CT molecular complexity index is 1380. The van der Waals surface area contributed by atoms with Crippen molar-refractivity contribution in [1.29, 1.82) is 0 Å². The molecule has 4 aliphatic rings. The summed E-state index contributed by atoms with van der Waals surface area (Å²) in [4.78, 5) is 54.0. The Labute approximate surface area is 216 Å². The first-order chi connectivity index (χ1) is 17.8. The van der Waals surface area contributed by atoms with Crippen molar-refractivity contribution in [3.63, 3.8) is 0 Å². The number of primary amides is 1. The van der Waals surface area contributed by atoms with E-state index in [-0.39, 0.29) is 54.1 Å². The molecule has 1 aromatic carbocycles. The molecule has 1 saturated heterocycles. The summed E-state index contributed by atoms with van der Waals surface area (Å²) < 4.78 is 15.4. The van der Waals surface area contributed by atoms with Crippen molar-refractivity contribution in [3.05, 3.63) is 39.9 Å². The van der Waals surface area contributed by atoms with Crippen molar-refractivity contribution < 1.29 is 44.0 Å². The van der Waals surface area contributed by atoms with Crippen molar-refractivity contribution in [2.24, 2.45) is 17.6 Å². The van der Waals surface area contributed by atoms with Crippen LogP contribution in [-0.2, 0) is 25.6 Å². The van der Waals surface area contributed by atoms with E-state index in [0.29, 0.717) is 12.8 Å². The molecular weight excluding hydrogens is 501 g/mol. The van der Waals surface area contributed by atoms with Gasteiger partial charge in [-0.2, -0.15) is 0 Å². The van der Waals surface area contributed by atoms with Gasteiger partial charge in [0.2, 0.25) is 11.7 Å². The minimum atomic E-state index is -2.78. The summed E-state index contributed by atoms with van der Waals surface area (Å²) in [6, 6.07) is -0.199. The molecule has 202 valence electrons. The molecule has 1 aliphatic heterocycles. The number of carbonyl (C=O) groups excluding carboxylic acids is 4. The van der Waals surface area contributed by atoms with E-state index in [2.05, 4.69) is 0 Å². The number of nitrogens with zero attached hydrogens (tertiary/aromatic N) is 2. The zero-order chi connectivity index (χ0) is 27.8. The van der Waals surface area contributed by atoms with Crippen molar-refractivity contribution in [2.45, 2.75) is 43.7 Å². The van der Waals surface area contributed by atoms with E-state index in [1.54, 1.807) is 0 Å². The van der Waals surface area contributed by atoms with Gasteiger partial charge in [0.15, 0.2) is 17.1 Å². The highest BCUT2D eigenvalue weighted by Gasteiger charge is 2.64. The molecule has 12 heteroatoms. The smallest absolute Gasteiger partial charge is 0.255 e. The number of benzene rings is 1. The molecule has 1 aromatic rings. The van der Waals surface area contributed by atoms with Crippen LogP contribution >= 0.6 is 0 Å². The second-order valence-corrected chi connectivity index (χ2v) is 10.5. The van der Waals surface area contributed by atoms with Gasteiger partial charge in [-0.3, -0.25) is 24.1 Å². The topological polar surface area (TPSA) is 182 Å². The molecule has 0 radical (unpaired) electrons. The quantitative estimate of drug-likeness (QED) is 0.351. The monoisotopic (exact) mass is 529 g/mol. The number of phenols is 1. The SMILES string of the molecule is CN(C)[C@@H]1C(=O)C(C(N)=O)=C(O)[C@@]2(O)C(=O)C3=C(O)c4c(O)c(N5CCCCC5=O)cc(F)c4C[C@H]3C[C@@H]12. The number of nitrogens with two attached hydrogens (primary N) is 1. The van der Waals surface area contributed by atoms with Crippen molar-refractivity contribution in [1.82, 2.24) is 4.90 Å². The van der Waals surface area contributed by atoms with Crippen LogP contribution in [0.5, 0.6) is 5.75 Å². The van der Waals surface area contributed by atoms with E-state index in [1.165, 1.54) is 23.9 Å². The van der Waals surface area contributed by atoms with Crippen LogP contribution in [0.15, 0.2) is 23.0 Å². The van der Waals surface area contributed by atoms with E-state index in [9.17, 15) is 39.6 Å². The van der Waals surface area contributed by atoms with E-state index < -0.39 is 69.6 Å². The molecule has 0 unspecified atom stereocenters. The van der Waals surface area contributed by atoms with Gasteiger partial charge in [-0.1, -0.05) is 0 Å². The number of likely N-dealkylation sites (N-methyl/N-ethyl adjacent to an activating group) is 1. The lowest BCUT2D eigenvalue weighted by Crippen LogP contribution is -2.65. The number of hydrogen-bond acceptors (Lipinski definition) is 9. The lowest BCUT2D eigenvalue weighted by molar-refractivity contribution is -0.153. The van der Waals surface area contributed by atoms with Gasteiger partial charge >= 0.3 is 0 Å². The minimum Gasteiger partial charge on any atom is -0.508 e. The number of halogens is 1. The summed E-state index contributed by atoms with van der Waals surface area (Å²) in [6.07, 6.45) is 1.18. The van der Waals surface area contributed by atoms with Gasteiger partial charge < -0.3 is 31.1 Å². The molecule has 0 spiro atoms. The lowest BCUT2D eigenvalue weighted by atomic mass is 9.57. The number of fused-ring (bicyclic) bond motifs is 3. The van der Waals surface area contributed by atoms with Crippen LogP contribution in [0.1, 0.15) is 36.8 Å². The number of anilines is 1. The van der Waals surface area contributed by atoms with Gasteiger partial charge in [0.1, 0.15) is 22.9 Å². The highest BCUT2D eigenvalue weighted by molar-refractivity contribution is 6.24. The number of carbonyl (C=O) groups is 4. The normalized spacial score (nSPS) is 29.4. The van der Waals surface area contributed by atoms with Crippen LogP contribution in [0, 0.1) is 17.7 Å². The van der Waals surface area contributed by atoms with E-state index in [0.717, 1.165) is 6.07 Å². The Hall–Kier alpha value is -3.77. The van der Waals surface area contributed by atoms with Crippen LogP contribution in [0.3, 0.4) is 0 Å². The third-order valence-electron chi connectivity index (χ3n) is 8.26. The molecule has 38 heavy (non-hydrogen) atoms. The number of rotatable bonds is 3. The van der Waals surface area contributed by atoms with Crippen LogP contribution in [0.4, 0.5) is 10.1 Å². The Morgan fingerprint density at radius 3 is 2.47 bits per heavy atom. The third kappa shape index (κ3) is 3.33. The Morgan fingerprint density at radius 1 is 1.18 bits per heavy atom. The van der Waals surface area contributed by atoms with Crippen LogP contribution in [0.25, 0.3) is 5.76 Å². The third-order valence-corrected chi connectivity index (χ3v) is 8.26. The van der Waals surface area contributed by atoms with Crippen LogP contribution < -0.4 is 10.6 Å². The van der Waals surface area contributed by atoms with Gasteiger partial charge in [-0.15, -0.1) is 0 Å². The van der Waals surface area contributed by atoms with Gasteiger partial charge in [-0.25, -0.2) is 4.39 Å². The fraction of sp³-hybridized carbons (Fsp3) is 0.462. The highest BCUT2D eigenvalue weighted by atomic mass is 19.1. The number of aliphatic hydroxyl groups is 3. The number of hydrogen-bond donors (Lipinski definition) is 5. The zero-order valence-electron chi connectivity index (χ0n) is 20.8. The number of amides is 2. The average molecular weight is 530 g/mol. The fourth-order valence-corrected chi connectivity index (χ4v) is 6.52. The van der Waals surface area contributed by atoms with Crippen LogP contribution in [0.2, 0.25) is 0 Å². The molecule has 2 amide bonds. The maximum absolute atomic E-state index is 15.4. The molecule has 3 aliphatic carbocycles. The fourth-order valence-electron chi connectivity index (χ4n) is 6.52. The van der Waals surface area contributed by atoms with Gasteiger partial charge in [0, 0.05) is 36.1 Å². The molecule has 6 N–H and O–H groups in total. The van der Waals surface area contributed by atoms with Crippen LogP contribution in [-0.4, -0.2) is 81.0 Å². The highest BCUT2D eigenvalue weighted by Crippen LogP contribution is 2.54. The summed E-state index contributed by atoms with van der Waals surface area (Å²) in [5.74, 6) is -9.22. The van der Waals surface area contributed by atoms with Gasteiger partial charge in [0.25, 0.3) is 5.91 Å². The summed E-state index contributed by atoms with van der Waals surface area (Å²) in [5.41, 5.74) is 0.628. The number of aromatic hydroxyl groups is 1. The first-order valence-corrected chi connectivity index (χ1v) is 12.3. The first-order valence-electron chi connectivity index (χ1n) is 12.3. The van der Waals surface area contributed by atoms with Gasteiger partial charge in [0.05, 0.1) is 17.3 Å². The van der Waals surface area contributed by atoms with E-state index in [4.69, 9.17) is 5.73 Å². The van der Waals surface area contributed by atoms with E-state index in [1.807, 2.05) is 0 Å². The minimum absolute atomic E-state index is 0.0821. The second-order valence-electron chi connectivity index (χ2n) is 10.5. The average Bonchev–Trinajstić information content (AvgIpc) is 2.83. The Balaban J connectivity index is 1.71. The number of piperidine rings is 1. The molecule has 1 saturated carbocycles. The molecule has 11 nitrogen and oxygen atoms in total. The molecule has 0 bridgehead atoms. The second kappa shape index (κ2) is 8.63. The summed E-state index contributed by atoms with van der Waals surface area (Å²) in [5, 5.41) is 44.8. The number of ketones is 2. The number of Topliss-reactive ketones (excluding diaryl/α,β-unsaturated/α-hetero) is 2. The summed E-state index contributed by atoms with van der Waals surface area (Å²) >= 11 is 0. The van der Waals surface area contributed by atoms with Crippen molar-refractivity contribution in [3.8, 4) is 5.75 Å². The molecule has 1 heterocycles. The largest absolute Gasteiger partial charge is 0.508 e. The molecule has 5 rings (SSSR count). The number of phenolic OH excluding ortho intramolecular Hbond substituents is 1. The predicted octanol–water partition coefficient (Wildman–Crippen LogP) is 0.620. The summed E-state index contributed by atoms with van der Waals surface area (Å²) in [6.45, 7) is 0.236. The van der Waals surface area contributed by atoms with Crippen molar-refractivity contribution in [2.75, 3.05) is 25.5 Å². The maximum atomic E-state index is 15.4. The van der Waals surface area contributed by atoms with Gasteiger partial charge in [-0.05, 0) is 45.7 Å². The molecular formula is C26H28FN3O8. The number of aliphatic hydroxyl groups excluding tert-OH is 2.